The van der Waals surface area contributed by atoms with E-state index in [0.717, 1.165) is 64.2 Å². The molecule has 3 atom stereocenters. The minimum atomic E-state index is -4.42. The van der Waals surface area contributed by atoms with Gasteiger partial charge in [0.15, 0.2) is 6.10 Å². The number of likely N-dealkylation sites (N-methyl/N-ethyl adjacent to an activating group) is 1. The van der Waals surface area contributed by atoms with E-state index in [4.69, 9.17) is 18.5 Å². The van der Waals surface area contributed by atoms with Gasteiger partial charge in [0.1, 0.15) is 19.8 Å². The number of carbonyl (C=O) groups excluding carboxylic acids is 2. The summed E-state index contributed by atoms with van der Waals surface area (Å²) in [6, 6.07) is 0. The van der Waals surface area contributed by atoms with Gasteiger partial charge in [-0.05, 0) is 83.5 Å². The number of ether oxygens (including phenoxy) is 2. The maximum Gasteiger partial charge on any atom is 0.472 e. The lowest BCUT2D eigenvalue weighted by Crippen LogP contribution is -2.37. The summed E-state index contributed by atoms with van der Waals surface area (Å²) in [5.74, 6) is -0.943. The Bertz CT molecular complexity index is 1340. The van der Waals surface area contributed by atoms with Gasteiger partial charge >= 0.3 is 19.8 Å². The number of rotatable bonds is 38. The molecule has 2 N–H and O–H groups in total. The van der Waals surface area contributed by atoms with Crippen molar-refractivity contribution >= 4 is 19.8 Å². The predicted octanol–water partition coefficient (Wildman–Crippen LogP) is 11.5. The molecule has 0 radical (unpaired) electrons. The first-order valence-electron chi connectivity index (χ1n) is 22.1. The van der Waals surface area contributed by atoms with Gasteiger partial charge in [-0.3, -0.25) is 18.6 Å². The highest BCUT2D eigenvalue weighted by Gasteiger charge is 2.27. The second kappa shape index (κ2) is 39.1. The van der Waals surface area contributed by atoms with Gasteiger partial charge in [-0.15, -0.1) is 0 Å². The minimum absolute atomic E-state index is 0.000416. The summed E-state index contributed by atoms with van der Waals surface area (Å²) in [4.78, 5) is 35.4. The minimum Gasteiger partial charge on any atom is -0.462 e. The van der Waals surface area contributed by atoms with E-state index in [2.05, 4.69) is 68.5 Å². The molecule has 0 aliphatic heterocycles. The number of aliphatic hydroxyl groups excluding tert-OH is 1. The van der Waals surface area contributed by atoms with Gasteiger partial charge in [-0.2, -0.15) is 0 Å². The van der Waals surface area contributed by atoms with Crippen molar-refractivity contribution in [3.8, 4) is 0 Å². The molecule has 10 nitrogen and oxygen atoms in total. The molecule has 11 heteroatoms. The molecular weight excluding hydrogens is 765 g/mol. The zero-order valence-corrected chi connectivity index (χ0v) is 38.2. The molecule has 1 unspecified atom stereocenters. The van der Waals surface area contributed by atoms with Crippen LogP contribution in [0.4, 0.5) is 0 Å². The molecule has 0 saturated carbocycles. The zero-order valence-electron chi connectivity index (χ0n) is 37.3. The van der Waals surface area contributed by atoms with E-state index < -0.39 is 38.6 Å². The van der Waals surface area contributed by atoms with E-state index in [1.165, 1.54) is 19.3 Å². The number of unbranched alkanes of at least 4 members (excludes halogenated alkanes) is 8. The summed E-state index contributed by atoms with van der Waals surface area (Å²) in [6.45, 7) is 4.06. The van der Waals surface area contributed by atoms with Crippen LogP contribution in [-0.4, -0.2) is 86.1 Å². The Hall–Kier alpha value is -3.11. The molecule has 0 bridgehead atoms. The Morgan fingerprint density at radius 1 is 0.627 bits per heavy atom. The normalized spacial score (nSPS) is 15.0. The molecule has 0 saturated heterocycles. The second-order valence-corrected chi connectivity index (χ2v) is 17.0. The lowest BCUT2D eigenvalue weighted by atomic mass is 10.1. The number of aliphatic hydroxyl groups is 1. The van der Waals surface area contributed by atoms with Gasteiger partial charge in [0, 0.05) is 12.8 Å². The third kappa shape index (κ3) is 42.8. The van der Waals surface area contributed by atoms with E-state index in [0.29, 0.717) is 36.7 Å². The lowest BCUT2D eigenvalue weighted by Gasteiger charge is -2.24. The SMILES string of the molecule is CC/C=C\C/C=C\C/C=C\C/C=C\CCCCCCC(=O)OC[C@H](COP(=O)(O)OCC[N+](C)(C)C)OC(=O)CCC/C=C\C/C=C\C=C\[C@@H](O)C/C=C\CCCCC. The van der Waals surface area contributed by atoms with Crippen molar-refractivity contribution in [1.29, 1.82) is 0 Å². The number of carbonyl (C=O) groups is 2. The van der Waals surface area contributed by atoms with Gasteiger partial charge in [0.2, 0.25) is 0 Å². The average Bonchev–Trinajstić information content (AvgIpc) is 3.18. The molecule has 0 fully saturated rings. The number of esters is 2. The number of phosphoric acid groups is 1. The van der Waals surface area contributed by atoms with E-state index in [1.54, 1.807) is 6.08 Å². The monoisotopic (exact) mass is 847 g/mol. The first-order chi connectivity index (χ1) is 28.4. The number of nitrogens with zero attached hydrogens (tertiary/aromatic N) is 1. The topological polar surface area (TPSA) is 129 Å². The number of hydrogen-bond donors (Lipinski definition) is 2. The molecule has 0 aromatic rings. The Balaban J connectivity index is 4.59. The molecule has 0 aliphatic rings. The third-order valence-corrected chi connectivity index (χ3v) is 9.66. The smallest absolute Gasteiger partial charge is 0.462 e. The van der Waals surface area contributed by atoms with Gasteiger partial charge in [-0.25, -0.2) is 4.57 Å². The fraction of sp³-hybridized carbons (Fsp3) is 0.625. The van der Waals surface area contributed by atoms with Crippen molar-refractivity contribution in [3.63, 3.8) is 0 Å². The van der Waals surface area contributed by atoms with Crippen LogP contribution in [0.15, 0.2) is 97.2 Å². The maximum atomic E-state index is 12.7. The highest BCUT2D eigenvalue weighted by atomic mass is 31.2. The summed E-state index contributed by atoms with van der Waals surface area (Å²) >= 11 is 0. The quantitative estimate of drug-likeness (QED) is 0.0156. The molecule has 0 heterocycles. The molecule has 0 rings (SSSR count). The van der Waals surface area contributed by atoms with Crippen molar-refractivity contribution in [2.45, 2.75) is 148 Å². The summed E-state index contributed by atoms with van der Waals surface area (Å²) in [7, 11) is 1.37. The number of quaternary nitrogens is 1. The fourth-order valence-corrected chi connectivity index (χ4v) is 5.94. The van der Waals surface area contributed by atoms with Crippen molar-refractivity contribution in [3.05, 3.63) is 97.2 Å². The molecule has 0 aromatic heterocycles. The van der Waals surface area contributed by atoms with Crippen LogP contribution < -0.4 is 0 Å². The number of hydrogen-bond acceptors (Lipinski definition) is 8. The largest absolute Gasteiger partial charge is 0.472 e. The molecule has 0 amide bonds. The number of phosphoric ester groups is 1. The van der Waals surface area contributed by atoms with Crippen LogP contribution in [0.1, 0.15) is 136 Å². The van der Waals surface area contributed by atoms with E-state index in [-0.39, 0.29) is 26.1 Å². The molecule has 59 heavy (non-hydrogen) atoms. The summed E-state index contributed by atoms with van der Waals surface area (Å²) in [5, 5.41) is 10.1. The highest BCUT2D eigenvalue weighted by Crippen LogP contribution is 2.43. The Morgan fingerprint density at radius 3 is 1.83 bits per heavy atom. The molecule has 336 valence electrons. The van der Waals surface area contributed by atoms with Gasteiger partial charge in [0.25, 0.3) is 0 Å². The Labute approximate surface area is 358 Å². The van der Waals surface area contributed by atoms with Crippen LogP contribution >= 0.6 is 7.82 Å². The van der Waals surface area contributed by atoms with Gasteiger partial charge < -0.3 is 24.0 Å². The third-order valence-electron chi connectivity index (χ3n) is 8.68. The van der Waals surface area contributed by atoms with Crippen molar-refractivity contribution in [2.75, 3.05) is 47.5 Å². The summed E-state index contributed by atoms with van der Waals surface area (Å²) in [6.07, 6.45) is 47.7. The lowest BCUT2D eigenvalue weighted by molar-refractivity contribution is -0.870. The molecule has 0 aliphatic carbocycles. The standard InChI is InChI=1S/C48H80NO9P/c1-6-8-10-12-14-15-16-17-18-19-20-21-22-23-27-31-35-39-47(51)55-43-46(44-57-59(53,54)56-42-41-49(3,4)5)58-48(52)40-36-32-28-25-24-26-30-34-38-45(50)37-33-29-13-11-9-7-2/h8,10,14-15,17-18,20-21,25-26,28-30,33-34,38,45-46,50H,6-7,9,11-13,16,19,22-24,27,31-32,35-37,39-44H2,1-5H3/p+1/b10-8-,15-14-,18-17-,21-20-,28-25-,30-26-,33-29-,38-34+/t45-,46+/m0/s1. The van der Waals surface area contributed by atoms with Crippen LogP contribution in [0.2, 0.25) is 0 Å². The van der Waals surface area contributed by atoms with E-state index >= 15 is 0 Å². The Morgan fingerprint density at radius 2 is 1.19 bits per heavy atom. The Kier molecular flexibility index (Phi) is 37.0. The van der Waals surface area contributed by atoms with E-state index in [1.807, 2.05) is 57.6 Å². The van der Waals surface area contributed by atoms with Crippen LogP contribution in [0.3, 0.4) is 0 Å². The summed E-state index contributed by atoms with van der Waals surface area (Å²) < 4.78 is 34.2. The van der Waals surface area contributed by atoms with Crippen molar-refractivity contribution in [2.24, 2.45) is 0 Å². The van der Waals surface area contributed by atoms with Crippen LogP contribution in [0, 0.1) is 0 Å². The summed E-state index contributed by atoms with van der Waals surface area (Å²) in [5.41, 5.74) is 0. The fourth-order valence-electron chi connectivity index (χ4n) is 5.20. The predicted molar refractivity (Wildman–Crippen MR) is 244 cm³/mol. The molecule has 0 spiro atoms. The highest BCUT2D eigenvalue weighted by molar-refractivity contribution is 7.47. The van der Waals surface area contributed by atoms with Crippen LogP contribution in [-0.2, 0) is 32.7 Å². The second-order valence-electron chi connectivity index (χ2n) is 15.5. The average molecular weight is 847 g/mol. The molecule has 0 aromatic carbocycles. The first kappa shape index (κ1) is 55.9. The van der Waals surface area contributed by atoms with Crippen molar-refractivity contribution < 1.29 is 47.2 Å². The molecular formula is C48H81NO9P+. The zero-order chi connectivity index (χ0) is 43.7. The number of allylic oxidation sites excluding steroid dienone is 14. The van der Waals surface area contributed by atoms with Crippen molar-refractivity contribution in [1.82, 2.24) is 0 Å². The van der Waals surface area contributed by atoms with Gasteiger partial charge in [0.05, 0.1) is 33.9 Å². The van der Waals surface area contributed by atoms with Crippen LogP contribution in [0.25, 0.3) is 0 Å². The van der Waals surface area contributed by atoms with E-state index in [9.17, 15) is 24.2 Å². The van der Waals surface area contributed by atoms with Crippen LogP contribution in [0.5, 0.6) is 0 Å². The first-order valence-corrected chi connectivity index (χ1v) is 23.6. The maximum absolute atomic E-state index is 12.7. The van der Waals surface area contributed by atoms with Gasteiger partial charge in [-0.1, -0.05) is 137 Å².